The van der Waals surface area contributed by atoms with E-state index in [0.29, 0.717) is 33.4 Å². The minimum atomic E-state index is -0.224. The highest BCUT2D eigenvalue weighted by Crippen LogP contribution is 2.38. The highest BCUT2D eigenvalue weighted by molar-refractivity contribution is 6.33. The number of carbonyl (C=O) groups excluding carboxylic acids is 2. The van der Waals surface area contributed by atoms with E-state index < -0.39 is 0 Å². The van der Waals surface area contributed by atoms with Gasteiger partial charge in [0, 0.05) is 16.8 Å². The van der Waals surface area contributed by atoms with Crippen LogP contribution in [0.2, 0.25) is 0 Å². The summed E-state index contributed by atoms with van der Waals surface area (Å²) >= 11 is 0. The van der Waals surface area contributed by atoms with Gasteiger partial charge in [-0.2, -0.15) is 0 Å². The van der Waals surface area contributed by atoms with Gasteiger partial charge in [0.1, 0.15) is 5.52 Å². The van der Waals surface area contributed by atoms with E-state index >= 15 is 0 Å². The van der Waals surface area contributed by atoms with Crippen molar-refractivity contribution in [3.63, 3.8) is 0 Å². The van der Waals surface area contributed by atoms with Crippen molar-refractivity contribution in [3.05, 3.63) is 113 Å². The summed E-state index contributed by atoms with van der Waals surface area (Å²) in [6.07, 6.45) is 0. The SMILES string of the molecule is Cc1ccc(-n2nnc3c4c(c(Nc5ccccc5)cc32)C(=O)c2ccccc2C4=O)cc1. The van der Waals surface area contributed by atoms with E-state index in [2.05, 4.69) is 15.6 Å². The van der Waals surface area contributed by atoms with Gasteiger partial charge in [-0.25, -0.2) is 4.68 Å². The van der Waals surface area contributed by atoms with Crippen LogP contribution in [0, 0.1) is 6.92 Å². The average molecular weight is 430 g/mol. The number of anilines is 2. The van der Waals surface area contributed by atoms with Crippen LogP contribution in [0.15, 0.2) is 84.9 Å². The molecule has 0 saturated heterocycles. The van der Waals surface area contributed by atoms with Crippen LogP contribution in [0.3, 0.4) is 0 Å². The summed E-state index contributed by atoms with van der Waals surface area (Å²) < 4.78 is 1.70. The van der Waals surface area contributed by atoms with Crippen LogP contribution in [0.1, 0.15) is 37.4 Å². The Balaban J connectivity index is 1.65. The largest absolute Gasteiger partial charge is 0.355 e. The van der Waals surface area contributed by atoms with Crippen molar-refractivity contribution in [1.29, 1.82) is 0 Å². The van der Waals surface area contributed by atoms with Crippen LogP contribution in [0.4, 0.5) is 11.4 Å². The summed E-state index contributed by atoms with van der Waals surface area (Å²) in [6, 6.07) is 26.2. The van der Waals surface area contributed by atoms with Crippen LogP contribution in [0.25, 0.3) is 16.7 Å². The fourth-order valence-electron chi connectivity index (χ4n) is 4.32. The average Bonchev–Trinajstić information content (AvgIpc) is 3.26. The topological polar surface area (TPSA) is 76.9 Å². The molecule has 6 heteroatoms. The summed E-state index contributed by atoms with van der Waals surface area (Å²) in [7, 11) is 0. The lowest BCUT2D eigenvalue weighted by Crippen LogP contribution is -2.22. The number of carbonyl (C=O) groups is 2. The molecule has 0 unspecified atom stereocenters. The van der Waals surface area contributed by atoms with Gasteiger partial charge < -0.3 is 5.32 Å². The molecule has 158 valence electrons. The van der Waals surface area contributed by atoms with E-state index in [4.69, 9.17) is 0 Å². The zero-order valence-electron chi connectivity index (χ0n) is 17.7. The predicted octanol–water partition coefficient (Wildman–Crippen LogP) is 5.25. The molecular weight excluding hydrogens is 412 g/mol. The van der Waals surface area contributed by atoms with Crippen molar-refractivity contribution in [3.8, 4) is 5.69 Å². The first-order valence-electron chi connectivity index (χ1n) is 10.6. The van der Waals surface area contributed by atoms with Gasteiger partial charge in [0.25, 0.3) is 0 Å². The van der Waals surface area contributed by atoms with E-state index in [1.165, 1.54) is 0 Å². The van der Waals surface area contributed by atoms with Crippen molar-refractivity contribution in [2.45, 2.75) is 6.92 Å². The van der Waals surface area contributed by atoms with Crippen LogP contribution in [0.5, 0.6) is 0 Å². The second-order valence-corrected chi connectivity index (χ2v) is 8.07. The quantitative estimate of drug-likeness (QED) is 0.415. The van der Waals surface area contributed by atoms with E-state index in [-0.39, 0.29) is 17.1 Å². The van der Waals surface area contributed by atoms with Gasteiger partial charge in [0.15, 0.2) is 11.6 Å². The smallest absolute Gasteiger partial charge is 0.196 e. The Hall–Kier alpha value is -4.58. The van der Waals surface area contributed by atoms with Crippen molar-refractivity contribution >= 4 is 34.0 Å². The lowest BCUT2D eigenvalue weighted by Gasteiger charge is -2.21. The zero-order chi connectivity index (χ0) is 22.5. The van der Waals surface area contributed by atoms with Crippen molar-refractivity contribution < 1.29 is 9.59 Å². The molecule has 4 aromatic carbocycles. The lowest BCUT2D eigenvalue weighted by molar-refractivity contribution is 0.0981. The molecule has 0 amide bonds. The summed E-state index contributed by atoms with van der Waals surface area (Å²) in [4.78, 5) is 27.2. The van der Waals surface area contributed by atoms with Crippen molar-refractivity contribution in [2.75, 3.05) is 5.32 Å². The second kappa shape index (κ2) is 7.24. The van der Waals surface area contributed by atoms with Crippen molar-refractivity contribution in [2.24, 2.45) is 0 Å². The number of hydrogen-bond donors (Lipinski definition) is 1. The Morgan fingerprint density at radius 3 is 2.09 bits per heavy atom. The molecule has 0 saturated carbocycles. The summed E-state index contributed by atoms with van der Waals surface area (Å²) in [5.74, 6) is -0.428. The molecular formula is C27H18N4O2. The number of aryl methyl sites for hydroxylation is 1. The van der Waals surface area contributed by atoms with Crippen molar-refractivity contribution in [1.82, 2.24) is 15.0 Å². The monoisotopic (exact) mass is 430 g/mol. The lowest BCUT2D eigenvalue weighted by atomic mass is 9.82. The molecule has 1 aliphatic rings. The van der Waals surface area contributed by atoms with Crippen LogP contribution in [-0.2, 0) is 0 Å². The molecule has 1 aromatic heterocycles. The third-order valence-corrected chi connectivity index (χ3v) is 5.94. The third kappa shape index (κ3) is 2.96. The molecule has 0 spiro atoms. The fourth-order valence-corrected chi connectivity index (χ4v) is 4.32. The van der Waals surface area contributed by atoms with Gasteiger partial charge >= 0.3 is 0 Å². The van der Waals surface area contributed by atoms with Crippen LogP contribution >= 0.6 is 0 Å². The first-order valence-corrected chi connectivity index (χ1v) is 10.6. The van der Waals surface area contributed by atoms with E-state index in [0.717, 1.165) is 16.9 Å². The first kappa shape index (κ1) is 19.1. The number of para-hydroxylation sites is 1. The zero-order valence-corrected chi connectivity index (χ0v) is 17.7. The number of fused-ring (bicyclic) bond motifs is 4. The van der Waals surface area contributed by atoms with E-state index in [9.17, 15) is 9.59 Å². The molecule has 0 aliphatic heterocycles. The molecule has 0 fully saturated rings. The molecule has 1 N–H and O–H groups in total. The Morgan fingerprint density at radius 1 is 0.758 bits per heavy atom. The number of nitrogens with one attached hydrogen (secondary N) is 1. The Labute approximate surface area is 189 Å². The molecule has 6 rings (SSSR count). The van der Waals surface area contributed by atoms with Gasteiger partial charge in [0.2, 0.25) is 0 Å². The first-order chi connectivity index (χ1) is 16.1. The highest BCUT2D eigenvalue weighted by Gasteiger charge is 2.35. The summed E-state index contributed by atoms with van der Waals surface area (Å²) in [5.41, 5.74) is 5.77. The summed E-state index contributed by atoms with van der Waals surface area (Å²) in [5, 5.41) is 12.0. The number of hydrogen-bond acceptors (Lipinski definition) is 5. The fraction of sp³-hybridized carbons (Fsp3) is 0.0370. The number of ketones is 2. The van der Waals surface area contributed by atoms with Gasteiger partial charge in [-0.15, -0.1) is 5.10 Å². The minimum absolute atomic E-state index is 0.203. The van der Waals surface area contributed by atoms with Crippen LogP contribution < -0.4 is 5.32 Å². The van der Waals surface area contributed by atoms with Gasteiger partial charge in [-0.3, -0.25) is 9.59 Å². The molecule has 0 bridgehead atoms. The number of rotatable bonds is 3. The normalized spacial score (nSPS) is 12.5. The maximum absolute atomic E-state index is 13.6. The third-order valence-electron chi connectivity index (χ3n) is 5.94. The Bertz CT molecular complexity index is 1570. The number of benzene rings is 4. The highest BCUT2D eigenvalue weighted by atomic mass is 16.1. The maximum atomic E-state index is 13.6. The Kier molecular flexibility index (Phi) is 4.20. The summed E-state index contributed by atoms with van der Waals surface area (Å²) in [6.45, 7) is 2.02. The number of nitrogens with zero attached hydrogens (tertiary/aromatic N) is 3. The molecule has 5 aromatic rings. The molecule has 1 heterocycles. The molecule has 0 atom stereocenters. The maximum Gasteiger partial charge on any atom is 0.196 e. The van der Waals surface area contributed by atoms with Gasteiger partial charge in [0.05, 0.1) is 28.0 Å². The molecule has 33 heavy (non-hydrogen) atoms. The number of aromatic nitrogens is 3. The molecule has 0 radical (unpaired) electrons. The predicted molar refractivity (Wildman–Crippen MR) is 127 cm³/mol. The van der Waals surface area contributed by atoms with Crippen LogP contribution in [-0.4, -0.2) is 26.6 Å². The van der Waals surface area contributed by atoms with Gasteiger partial charge in [-0.1, -0.05) is 65.4 Å². The minimum Gasteiger partial charge on any atom is -0.355 e. The standard InChI is InChI=1S/C27H18N4O2/c1-16-11-13-18(14-12-16)31-22-15-21(28-17-7-3-2-4-8-17)23-24(25(22)29-30-31)27(33)20-10-6-5-9-19(20)26(23)32/h2-15,28H,1H3. The molecule has 6 nitrogen and oxygen atoms in total. The van der Waals surface area contributed by atoms with E-state index in [1.807, 2.05) is 67.6 Å². The Morgan fingerprint density at radius 2 is 1.39 bits per heavy atom. The second-order valence-electron chi connectivity index (χ2n) is 8.07. The van der Waals surface area contributed by atoms with Gasteiger partial charge in [-0.05, 0) is 37.3 Å². The van der Waals surface area contributed by atoms with E-state index in [1.54, 1.807) is 28.9 Å². The molecule has 1 aliphatic carbocycles.